The number of hydrogen-bond donors (Lipinski definition) is 1. The van der Waals surface area contributed by atoms with Crippen molar-refractivity contribution in [1.82, 2.24) is 9.97 Å². The fourth-order valence-corrected chi connectivity index (χ4v) is 3.67. The molecule has 0 aliphatic rings. The summed E-state index contributed by atoms with van der Waals surface area (Å²) in [5.74, 6) is -0.123. The molecule has 0 atom stereocenters. The molecule has 5 nitrogen and oxygen atoms in total. The van der Waals surface area contributed by atoms with E-state index in [2.05, 4.69) is 16.0 Å². The predicted octanol–water partition coefficient (Wildman–Crippen LogP) is 3.10. The van der Waals surface area contributed by atoms with Gasteiger partial charge in [-0.2, -0.15) is 0 Å². The molecular weight excluding hydrogens is 344 g/mol. The molecular formula is C17H16N2O3S2. The second kappa shape index (κ2) is 6.70. The number of aromatic nitrogens is 2. The highest BCUT2D eigenvalue weighted by Crippen LogP contribution is 2.30. The van der Waals surface area contributed by atoms with Gasteiger partial charge in [-0.3, -0.25) is 4.98 Å². The van der Waals surface area contributed by atoms with Crippen molar-refractivity contribution in [2.24, 2.45) is 0 Å². The number of hydrogen-bond acceptors (Lipinski definition) is 6. The minimum Gasteiger partial charge on any atom is -0.507 e. The summed E-state index contributed by atoms with van der Waals surface area (Å²) in [5.41, 5.74) is 1.82. The maximum atomic E-state index is 11.5. The van der Waals surface area contributed by atoms with Gasteiger partial charge in [-0.15, -0.1) is 11.3 Å². The van der Waals surface area contributed by atoms with E-state index >= 15 is 0 Å². The van der Waals surface area contributed by atoms with E-state index in [9.17, 15) is 13.5 Å². The van der Waals surface area contributed by atoms with Gasteiger partial charge in [0, 0.05) is 22.9 Å². The number of nitrogens with zero attached hydrogens (tertiary/aromatic N) is 2. The van der Waals surface area contributed by atoms with E-state index in [0.29, 0.717) is 11.3 Å². The minimum absolute atomic E-state index is 0.0746. The summed E-state index contributed by atoms with van der Waals surface area (Å²) in [7, 11) is -3.36. The molecule has 3 rings (SSSR count). The Labute approximate surface area is 144 Å². The Kier molecular flexibility index (Phi) is 4.64. The van der Waals surface area contributed by atoms with Gasteiger partial charge in [-0.1, -0.05) is 6.07 Å². The smallest absolute Gasteiger partial charge is 0.175 e. The molecule has 0 fully saturated rings. The van der Waals surface area contributed by atoms with Crippen molar-refractivity contribution in [3.05, 3.63) is 58.7 Å². The Balaban J connectivity index is 1.86. The highest BCUT2D eigenvalue weighted by molar-refractivity contribution is 7.90. The molecule has 0 saturated carbocycles. The van der Waals surface area contributed by atoms with E-state index in [0.717, 1.165) is 24.8 Å². The van der Waals surface area contributed by atoms with Crippen molar-refractivity contribution in [1.29, 1.82) is 0 Å². The average Bonchev–Trinajstić information content (AvgIpc) is 3.06. The van der Waals surface area contributed by atoms with Crippen LogP contribution >= 0.6 is 11.3 Å². The molecule has 2 heterocycles. The van der Waals surface area contributed by atoms with Crippen LogP contribution in [0.25, 0.3) is 11.3 Å². The molecule has 0 bridgehead atoms. The van der Waals surface area contributed by atoms with Crippen LogP contribution in [-0.2, 0) is 22.7 Å². The first-order valence-corrected chi connectivity index (χ1v) is 10.1. The third-order valence-corrected chi connectivity index (χ3v) is 5.61. The fourth-order valence-electron chi connectivity index (χ4n) is 2.32. The number of phenolic OH excluding ortho intramolecular Hbond substituents is 1. The van der Waals surface area contributed by atoms with E-state index in [1.807, 2.05) is 11.4 Å². The Morgan fingerprint density at radius 2 is 2.00 bits per heavy atom. The lowest BCUT2D eigenvalue weighted by atomic mass is 10.1. The van der Waals surface area contributed by atoms with Gasteiger partial charge in [0.1, 0.15) is 5.75 Å². The van der Waals surface area contributed by atoms with Crippen LogP contribution in [0.4, 0.5) is 0 Å². The standard InChI is InChI=1S/C17H16N2O3S2/c1-24(21,22)14-6-7-15(17(20)9-14)16-11-18-10-12(19-16)4-5-13-3-2-8-23-13/h2-3,6-11,20H,4-5H2,1H3. The largest absolute Gasteiger partial charge is 0.507 e. The quantitative estimate of drug-likeness (QED) is 0.756. The summed E-state index contributed by atoms with van der Waals surface area (Å²) < 4.78 is 23.1. The van der Waals surface area contributed by atoms with Crippen LogP contribution in [0.3, 0.4) is 0 Å². The van der Waals surface area contributed by atoms with E-state index in [1.165, 1.54) is 17.0 Å². The highest BCUT2D eigenvalue weighted by Gasteiger charge is 2.13. The maximum Gasteiger partial charge on any atom is 0.175 e. The van der Waals surface area contributed by atoms with Crippen LogP contribution < -0.4 is 0 Å². The molecule has 0 radical (unpaired) electrons. The molecule has 1 aromatic carbocycles. The SMILES string of the molecule is CS(=O)(=O)c1ccc(-c2cncc(CCc3cccs3)n2)c(O)c1. The summed E-state index contributed by atoms with van der Waals surface area (Å²) >= 11 is 1.70. The molecule has 0 spiro atoms. The number of thiophene rings is 1. The Bertz CT molecular complexity index is 952. The molecule has 7 heteroatoms. The van der Waals surface area contributed by atoms with Gasteiger partial charge in [0.05, 0.1) is 22.5 Å². The van der Waals surface area contributed by atoms with Crippen LogP contribution in [0.15, 0.2) is 53.0 Å². The lowest BCUT2D eigenvalue weighted by molar-refractivity contribution is 0.475. The third-order valence-electron chi connectivity index (χ3n) is 3.57. The number of aryl methyl sites for hydroxylation is 2. The molecule has 24 heavy (non-hydrogen) atoms. The molecule has 124 valence electrons. The van der Waals surface area contributed by atoms with Crippen LogP contribution in [0.1, 0.15) is 10.6 Å². The van der Waals surface area contributed by atoms with Gasteiger partial charge < -0.3 is 5.11 Å². The fraction of sp³-hybridized carbons (Fsp3) is 0.176. The maximum absolute atomic E-state index is 11.5. The van der Waals surface area contributed by atoms with Crippen LogP contribution in [-0.4, -0.2) is 29.7 Å². The van der Waals surface area contributed by atoms with Crippen LogP contribution in [0, 0.1) is 0 Å². The van der Waals surface area contributed by atoms with Crippen LogP contribution in [0.5, 0.6) is 5.75 Å². The first kappa shape index (κ1) is 16.6. The minimum atomic E-state index is -3.36. The first-order valence-electron chi connectivity index (χ1n) is 7.30. The zero-order valence-electron chi connectivity index (χ0n) is 13.0. The lowest BCUT2D eigenvalue weighted by Gasteiger charge is -2.07. The number of sulfone groups is 1. The summed E-state index contributed by atoms with van der Waals surface area (Å²) in [4.78, 5) is 10.1. The monoisotopic (exact) mass is 360 g/mol. The molecule has 0 unspecified atom stereocenters. The second-order valence-corrected chi connectivity index (χ2v) is 8.47. The Morgan fingerprint density at radius 3 is 2.67 bits per heavy atom. The van der Waals surface area contributed by atoms with E-state index in [4.69, 9.17) is 0 Å². The number of aromatic hydroxyl groups is 1. The van der Waals surface area contributed by atoms with Crippen molar-refractivity contribution >= 4 is 21.2 Å². The number of phenols is 1. The first-order chi connectivity index (χ1) is 11.4. The summed E-state index contributed by atoms with van der Waals surface area (Å²) in [5, 5.41) is 12.2. The molecule has 0 saturated heterocycles. The number of benzene rings is 1. The lowest BCUT2D eigenvalue weighted by Crippen LogP contribution is -1.99. The van der Waals surface area contributed by atoms with Crippen molar-refractivity contribution in [2.45, 2.75) is 17.7 Å². The zero-order valence-corrected chi connectivity index (χ0v) is 14.6. The molecule has 1 N–H and O–H groups in total. The predicted molar refractivity (Wildman–Crippen MR) is 94.0 cm³/mol. The summed E-state index contributed by atoms with van der Waals surface area (Å²) in [6.07, 6.45) is 6.01. The topological polar surface area (TPSA) is 80.2 Å². The normalized spacial score (nSPS) is 11.5. The van der Waals surface area contributed by atoms with Crippen molar-refractivity contribution < 1.29 is 13.5 Å². The van der Waals surface area contributed by atoms with Gasteiger partial charge in [-0.25, -0.2) is 13.4 Å². The molecule has 2 aromatic heterocycles. The number of rotatable bonds is 5. The second-order valence-electron chi connectivity index (χ2n) is 5.43. The van der Waals surface area contributed by atoms with Crippen molar-refractivity contribution in [2.75, 3.05) is 6.26 Å². The van der Waals surface area contributed by atoms with E-state index < -0.39 is 9.84 Å². The van der Waals surface area contributed by atoms with Gasteiger partial charge in [0.25, 0.3) is 0 Å². The average molecular weight is 360 g/mol. The van der Waals surface area contributed by atoms with E-state index in [-0.39, 0.29) is 10.6 Å². The molecule has 0 amide bonds. The Morgan fingerprint density at radius 1 is 1.17 bits per heavy atom. The molecule has 0 aliphatic heterocycles. The molecule has 3 aromatic rings. The van der Waals surface area contributed by atoms with Gasteiger partial charge in [-0.05, 0) is 42.5 Å². The van der Waals surface area contributed by atoms with Gasteiger partial charge in [0.2, 0.25) is 0 Å². The van der Waals surface area contributed by atoms with Crippen molar-refractivity contribution in [3.8, 4) is 17.0 Å². The zero-order chi connectivity index (χ0) is 17.2. The summed E-state index contributed by atoms with van der Waals surface area (Å²) in [6, 6.07) is 8.36. The van der Waals surface area contributed by atoms with Gasteiger partial charge in [0.15, 0.2) is 9.84 Å². The highest BCUT2D eigenvalue weighted by atomic mass is 32.2. The summed E-state index contributed by atoms with van der Waals surface area (Å²) in [6.45, 7) is 0. The molecule has 0 aliphatic carbocycles. The van der Waals surface area contributed by atoms with Crippen molar-refractivity contribution in [3.63, 3.8) is 0 Å². The van der Waals surface area contributed by atoms with Crippen LogP contribution in [0.2, 0.25) is 0 Å². The van der Waals surface area contributed by atoms with Gasteiger partial charge >= 0.3 is 0 Å². The van der Waals surface area contributed by atoms with E-state index in [1.54, 1.807) is 29.8 Å². The Hall–Kier alpha value is -2.25. The third kappa shape index (κ3) is 3.80.